The van der Waals surface area contributed by atoms with Gasteiger partial charge in [0.15, 0.2) is 0 Å². The first kappa shape index (κ1) is 19.5. The van der Waals surface area contributed by atoms with Crippen LogP contribution in [0.25, 0.3) is 0 Å². The number of rotatable bonds is 6. The van der Waals surface area contributed by atoms with Gasteiger partial charge in [-0.1, -0.05) is 23.2 Å². The smallest absolute Gasteiger partial charge is 0.244 e. The van der Waals surface area contributed by atoms with Crippen molar-refractivity contribution >= 4 is 39.1 Å². The number of carbonyl (C=O) groups excluding carboxylic acids is 1. The molecule has 0 aromatic heterocycles. The Bertz CT molecular complexity index is 689. The molecule has 1 amide bonds. The molecule has 1 aromatic carbocycles. The Balaban J connectivity index is 2.01. The van der Waals surface area contributed by atoms with Gasteiger partial charge in [-0.05, 0) is 31.0 Å². The zero-order valence-electron chi connectivity index (χ0n) is 13.3. The summed E-state index contributed by atoms with van der Waals surface area (Å²) in [5.74, 6) is -0.256. The van der Waals surface area contributed by atoms with Crippen molar-refractivity contribution in [1.29, 1.82) is 0 Å². The predicted octanol–water partition coefficient (Wildman–Crippen LogP) is 2.16. The highest BCUT2D eigenvalue weighted by Crippen LogP contribution is 2.30. The van der Waals surface area contributed by atoms with Crippen molar-refractivity contribution in [3.63, 3.8) is 0 Å². The van der Waals surface area contributed by atoms with Gasteiger partial charge in [0.05, 0.1) is 11.6 Å². The third-order valence-electron chi connectivity index (χ3n) is 3.94. The van der Waals surface area contributed by atoms with E-state index in [2.05, 4.69) is 5.32 Å². The molecule has 0 bridgehead atoms. The average Bonchev–Trinajstić information content (AvgIpc) is 2.57. The molecule has 1 fully saturated rings. The van der Waals surface area contributed by atoms with E-state index >= 15 is 0 Å². The average molecular weight is 395 g/mol. The standard InChI is InChI=1S/C15H20Cl2N2O4S/c1-23-9-6-18-15(20)11-4-7-19(8-5-11)24(21,22)14-10-12(16)2-3-13(14)17/h2-3,10-11H,4-9H2,1H3,(H,18,20). The number of nitrogens with zero attached hydrogens (tertiary/aromatic N) is 1. The van der Waals surface area contributed by atoms with Gasteiger partial charge >= 0.3 is 0 Å². The molecule has 1 saturated heterocycles. The monoisotopic (exact) mass is 394 g/mol. The zero-order valence-corrected chi connectivity index (χ0v) is 15.6. The lowest BCUT2D eigenvalue weighted by atomic mass is 9.97. The number of amides is 1. The van der Waals surface area contributed by atoms with Gasteiger partial charge in [0.1, 0.15) is 4.90 Å². The second-order valence-electron chi connectivity index (χ2n) is 5.54. The molecule has 134 valence electrons. The lowest BCUT2D eigenvalue weighted by Gasteiger charge is -2.30. The van der Waals surface area contributed by atoms with Crippen molar-refractivity contribution in [2.24, 2.45) is 5.92 Å². The Morgan fingerprint density at radius 3 is 2.62 bits per heavy atom. The summed E-state index contributed by atoms with van der Waals surface area (Å²) in [6.07, 6.45) is 0.937. The van der Waals surface area contributed by atoms with Crippen LogP contribution in [-0.4, -0.2) is 52.0 Å². The van der Waals surface area contributed by atoms with Gasteiger partial charge in [-0.15, -0.1) is 0 Å². The van der Waals surface area contributed by atoms with Gasteiger partial charge in [-0.2, -0.15) is 4.31 Å². The molecular weight excluding hydrogens is 375 g/mol. The Morgan fingerprint density at radius 2 is 2.00 bits per heavy atom. The molecule has 9 heteroatoms. The fourth-order valence-corrected chi connectivity index (χ4v) is 4.80. The summed E-state index contributed by atoms with van der Waals surface area (Å²) in [6.45, 7) is 1.44. The van der Waals surface area contributed by atoms with Crippen LogP contribution < -0.4 is 5.32 Å². The fraction of sp³-hybridized carbons (Fsp3) is 0.533. The number of hydrogen-bond acceptors (Lipinski definition) is 4. The van der Waals surface area contributed by atoms with E-state index in [0.717, 1.165) is 0 Å². The minimum Gasteiger partial charge on any atom is -0.383 e. The highest BCUT2D eigenvalue weighted by Gasteiger charge is 2.33. The fourth-order valence-electron chi connectivity index (χ4n) is 2.59. The minimum absolute atomic E-state index is 0.000312. The minimum atomic E-state index is -3.72. The van der Waals surface area contributed by atoms with Gasteiger partial charge in [0, 0.05) is 37.7 Å². The molecule has 6 nitrogen and oxygen atoms in total. The lowest BCUT2D eigenvalue weighted by Crippen LogP contribution is -2.43. The molecule has 0 spiro atoms. The molecule has 1 aliphatic heterocycles. The maximum absolute atomic E-state index is 12.7. The van der Waals surface area contributed by atoms with E-state index < -0.39 is 10.0 Å². The van der Waals surface area contributed by atoms with Crippen molar-refractivity contribution in [2.75, 3.05) is 33.4 Å². The Morgan fingerprint density at radius 1 is 1.33 bits per heavy atom. The van der Waals surface area contributed by atoms with Crippen LogP contribution in [0.3, 0.4) is 0 Å². The number of halogens is 2. The number of ether oxygens (including phenoxy) is 1. The highest BCUT2D eigenvalue weighted by molar-refractivity contribution is 7.89. The van der Waals surface area contributed by atoms with E-state index in [1.165, 1.54) is 16.4 Å². The van der Waals surface area contributed by atoms with Crippen molar-refractivity contribution in [2.45, 2.75) is 17.7 Å². The Labute approximate surface area is 152 Å². The maximum Gasteiger partial charge on any atom is 0.244 e. The van der Waals surface area contributed by atoms with Gasteiger partial charge in [0.25, 0.3) is 0 Å². The van der Waals surface area contributed by atoms with E-state index in [4.69, 9.17) is 27.9 Å². The highest BCUT2D eigenvalue weighted by atomic mass is 35.5. The molecule has 2 rings (SSSR count). The van der Waals surface area contributed by atoms with Crippen molar-refractivity contribution < 1.29 is 17.9 Å². The number of carbonyl (C=O) groups is 1. The van der Waals surface area contributed by atoms with Crippen LogP contribution >= 0.6 is 23.2 Å². The van der Waals surface area contributed by atoms with Crippen LogP contribution in [0.2, 0.25) is 10.0 Å². The Hall–Kier alpha value is -0.860. The maximum atomic E-state index is 12.7. The van der Waals surface area contributed by atoms with E-state index in [0.29, 0.717) is 31.0 Å². The molecular formula is C15H20Cl2N2O4S. The first-order valence-corrected chi connectivity index (χ1v) is 9.77. The Kier molecular flexibility index (Phi) is 6.88. The third kappa shape index (κ3) is 4.61. The summed E-state index contributed by atoms with van der Waals surface area (Å²) in [5.41, 5.74) is 0. The quantitative estimate of drug-likeness (QED) is 0.749. The van der Waals surface area contributed by atoms with Crippen molar-refractivity contribution in [3.05, 3.63) is 28.2 Å². The summed E-state index contributed by atoms with van der Waals surface area (Å²) in [5, 5.41) is 3.23. The van der Waals surface area contributed by atoms with Crippen LogP contribution in [-0.2, 0) is 19.6 Å². The topological polar surface area (TPSA) is 75.7 Å². The molecule has 24 heavy (non-hydrogen) atoms. The zero-order chi connectivity index (χ0) is 17.7. The largest absolute Gasteiger partial charge is 0.383 e. The first-order chi connectivity index (χ1) is 11.4. The molecule has 1 N–H and O–H groups in total. The summed E-state index contributed by atoms with van der Waals surface area (Å²) in [4.78, 5) is 12.0. The van der Waals surface area contributed by atoms with Crippen LogP contribution in [0.15, 0.2) is 23.1 Å². The van der Waals surface area contributed by atoms with E-state index in [1.807, 2.05) is 0 Å². The summed E-state index contributed by atoms with van der Waals surface area (Å²) < 4.78 is 31.7. The number of hydrogen-bond donors (Lipinski definition) is 1. The van der Waals surface area contributed by atoms with Crippen LogP contribution in [0.5, 0.6) is 0 Å². The molecule has 1 aliphatic rings. The van der Waals surface area contributed by atoms with Gasteiger partial charge in [0.2, 0.25) is 15.9 Å². The van der Waals surface area contributed by atoms with Crippen LogP contribution in [0.1, 0.15) is 12.8 Å². The van der Waals surface area contributed by atoms with E-state index in [-0.39, 0.29) is 34.8 Å². The number of methoxy groups -OCH3 is 1. The van der Waals surface area contributed by atoms with Crippen LogP contribution in [0.4, 0.5) is 0 Å². The number of sulfonamides is 1. The molecule has 0 saturated carbocycles. The van der Waals surface area contributed by atoms with Crippen LogP contribution in [0, 0.1) is 5.92 Å². The second-order valence-corrected chi connectivity index (χ2v) is 8.29. The lowest BCUT2D eigenvalue weighted by molar-refractivity contribution is -0.126. The molecule has 0 aliphatic carbocycles. The second kappa shape index (κ2) is 8.49. The molecule has 0 unspecified atom stereocenters. The number of piperidine rings is 1. The number of benzene rings is 1. The predicted molar refractivity (Wildman–Crippen MR) is 92.8 cm³/mol. The molecule has 1 aromatic rings. The number of nitrogens with one attached hydrogen (secondary N) is 1. The summed E-state index contributed by atoms with van der Waals surface area (Å²) >= 11 is 11.9. The molecule has 0 atom stereocenters. The van der Waals surface area contributed by atoms with Crippen molar-refractivity contribution in [1.82, 2.24) is 9.62 Å². The van der Waals surface area contributed by atoms with Gasteiger partial charge in [-0.25, -0.2) is 8.42 Å². The van der Waals surface area contributed by atoms with Gasteiger partial charge < -0.3 is 10.1 Å². The summed E-state index contributed by atoms with van der Waals surface area (Å²) in [7, 11) is -2.15. The normalized spacial score (nSPS) is 17.0. The SMILES string of the molecule is COCCNC(=O)C1CCN(S(=O)(=O)c2cc(Cl)ccc2Cl)CC1. The first-order valence-electron chi connectivity index (χ1n) is 7.58. The van der Waals surface area contributed by atoms with Crippen molar-refractivity contribution in [3.8, 4) is 0 Å². The third-order valence-corrected chi connectivity index (χ3v) is 6.56. The van der Waals surface area contributed by atoms with E-state index in [9.17, 15) is 13.2 Å². The molecule has 1 heterocycles. The van der Waals surface area contributed by atoms with E-state index in [1.54, 1.807) is 13.2 Å². The summed E-state index contributed by atoms with van der Waals surface area (Å²) in [6, 6.07) is 4.36. The van der Waals surface area contributed by atoms with Gasteiger partial charge in [-0.3, -0.25) is 4.79 Å². The molecule has 0 radical (unpaired) electrons.